The molecule has 1 fully saturated rings. The molecule has 0 radical (unpaired) electrons. The zero-order valence-electron chi connectivity index (χ0n) is 13.6. The van der Waals surface area contributed by atoms with E-state index in [1.807, 2.05) is 0 Å². The van der Waals surface area contributed by atoms with Crippen molar-refractivity contribution >= 4 is 28.2 Å². The van der Waals surface area contributed by atoms with E-state index in [1.165, 1.54) is 6.07 Å². The number of alkyl halides is 12. The molecule has 0 bridgehead atoms. The van der Waals surface area contributed by atoms with Crippen LogP contribution >= 0.6 is 28.2 Å². The molecule has 1 saturated heterocycles. The maximum atomic E-state index is 13.5. The Morgan fingerprint density at radius 2 is 0.933 bits per heavy atom. The Morgan fingerprint density at radius 3 is 1.20 bits per heavy atom. The van der Waals surface area contributed by atoms with E-state index in [9.17, 15) is 52.7 Å². The van der Waals surface area contributed by atoms with Gasteiger partial charge in [0.05, 0.1) is 0 Å². The van der Waals surface area contributed by atoms with Gasteiger partial charge in [0.2, 0.25) is 0 Å². The van der Waals surface area contributed by atoms with E-state index >= 15 is 0 Å². The van der Waals surface area contributed by atoms with Crippen molar-refractivity contribution in [2.24, 2.45) is 0 Å². The first kappa shape index (κ1) is 25.6. The van der Waals surface area contributed by atoms with Crippen LogP contribution in [0.3, 0.4) is 0 Å². The van der Waals surface area contributed by atoms with Crippen molar-refractivity contribution < 1.29 is 61.7 Å². The SMILES string of the molecule is FC(F)(F)C1(C(F)(F)F)OP(Cl)(Cl)(Cc2ccccc2)OC1(C(F)(F)F)C(F)(F)F. The van der Waals surface area contributed by atoms with Gasteiger partial charge in [0.1, 0.15) is 0 Å². The van der Waals surface area contributed by atoms with Crippen molar-refractivity contribution in [1.82, 2.24) is 0 Å². The summed E-state index contributed by atoms with van der Waals surface area (Å²) in [7, 11) is 0. The summed E-state index contributed by atoms with van der Waals surface area (Å²) in [5.41, 5.74) is -14.4. The van der Waals surface area contributed by atoms with Gasteiger partial charge in [-0.2, -0.15) is 0 Å². The molecule has 0 aromatic heterocycles. The molecule has 0 N–H and O–H groups in total. The van der Waals surface area contributed by atoms with Crippen LogP contribution in [0.25, 0.3) is 0 Å². The van der Waals surface area contributed by atoms with E-state index in [-0.39, 0.29) is 0 Å². The third kappa shape index (κ3) is 3.62. The van der Waals surface area contributed by atoms with Crippen molar-refractivity contribution in [3.05, 3.63) is 35.9 Å². The molecule has 0 unspecified atom stereocenters. The first-order valence-electron chi connectivity index (χ1n) is 7.21. The van der Waals surface area contributed by atoms with Crippen molar-refractivity contribution in [3.8, 4) is 0 Å². The summed E-state index contributed by atoms with van der Waals surface area (Å²) in [6.45, 7) is 0. The van der Waals surface area contributed by atoms with E-state index in [0.717, 1.165) is 24.3 Å². The molecule has 1 aliphatic heterocycles. The number of rotatable bonds is 2. The van der Waals surface area contributed by atoms with Crippen LogP contribution in [0.2, 0.25) is 0 Å². The van der Waals surface area contributed by atoms with E-state index in [4.69, 9.17) is 22.5 Å². The minimum atomic E-state index is -7.36. The van der Waals surface area contributed by atoms with Crippen molar-refractivity contribution in [1.29, 1.82) is 0 Å². The molecule has 1 heterocycles. The van der Waals surface area contributed by atoms with Crippen molar-refractivity contribution in [2.45, 2.75) is 42.1 Å². The molecule has 1 aliphatic rings. The van der Waals surface area contributed by atoms with Crippen LogP contribution in [0, 0.1) is 0 Å². The monoisotopic (exact) mass is 524 g/mol. The molecular weight excluding hydrogens is 518 g/mol. The Balaban J connectivity index is 2.97. The summed E-state index contributed by atoms with van der Waals surface area (Å²) in [5.74, 6) is -6.98. The number of hydrogen-bond acceptors (Lipinski definition) is 2. The Bertz CT molecular complexity index is 728. The second-order valence-electron chi connectivity index (χ2n) is 6.09. The fourth-order valence-corrected chi connectivity index (χ4v) is 7.64. The Hall–Kier alpha value is -0.690. The van der Waals surface area contributed by atoms with Crippen molar-refractivity contribution in [2.75, 3.05) is 0 Å². The summed E-state index contributed by atoms with van der Waals surface area (Å²) in [6.07, 6.45) is -31.1. The molecule has 0 saturated carbocycles. The number of benzene rings is 1. The van der Waals surface area contributed by atoms with Crippen LogP contribution in [-0.4, -0.2) is 35.9 Å². The molecule has 0 spiro atoms. The molecule has 174 valence electrons. The molecule has 30 heavy (non-hydrogen) atoms. The molecule has 0 aliphatic carbocycles. The second-order valence-corrected chi connectivity index (χ2v) is 13.2. The Kier molecular flexibility index (Phi) is 5.68. The Labute approximate surface area is 168 Å². The normalized spacial score (nSPS) is 24.8. The minimum absolute atomic E-state index is 0.446. The third-order valence-electron chi connectivity index (χ3n) is 3.98. The van der Waals surface area contributed by atoms with E-state index < -0.39 is 53.4 Å². The predicted molar refractivity (Wildman–Crippen MR) is 80.6 cm³/mol. The van der Waals surface area contributed by atoms with Gasteiger partial charge in [-0.1, -0.05) is 0 Å². The molecule has 0 atom stereocenters. The van der Waals surface area contributed by atoms with Crippen LogP contribution in [-0.2, 0) is 15.2 Å². The second kappa shape index (κ2) is 6.66. The van der Waals surface area contributed by atoms with Gasteiger partial charge in [-0.3, -0.25) is 0 Å². The van der Waals surface area contributed by atoms with Gasteiger partial charge in [-0.05, 0) is 0 Å². The van der Waals surface area contributed by atoms with E-state index in [0.29, 0.717) is 0 Å². The van der Waals surface area contributed by atoms with Crippen LogP contribution < -0.4 is 0 Å². The molecule has 2 nitrogen and oxygen atoms in total. The quantitative estimate of drug-likeness (QED) is 0.292. The zero-order chi connectivity index (χ0) is 23.7. The van der Waals surface area contributed by atoms with Crippen molar-refractivity contribution in [3.63, 3.8) is 0 Å². The first-order chi connectivity index (χ1) is 13.0. The molecule has 1 aromatic rings. The molecule has 17 heteroatoms. The van der Waals surface area contributed by atoms with E-state index in [1.54, 1.807) is 0 Å². The van der Waals surface area contributed by atoms with Crippen LogP contribution in [0.1, 0.15) is 5.56 Å². The predicted octanol–water partition coefficient (Wildman–Crippen LogP) is 7.65. The van der Waals surface area contributed by atoms with Gasteiger partial charge in [-0.25, -0.2) is 0 Å². The molecular formula is C13H7Cl2F12O2P. The van der Waals surface area contributed by atoms with Gasteiger partial charge in [0, 0.05) is 0 Å². The topological polar surface area (TPSA) is 18.5 Å². The van der Waals surface area contributed by atoms with Crippen LogP contribution in [0.15, 0.2) is 30.3 Å². The fourth-order valence-electron chi connectivity index (χ4n) is 2.92. The number of hydrogen-bond donors (Lipinski definition) is 0. The van der Waals surface area contributed by atoms with Gasteiger partial charge in [0.15, 0.2) is 0 Å². The first-order valence-corrected chi connectivity index (χ1v) is 11.3. The maximum absolute atomic E-state index is 13.5. The fraction of sp³-hybridized carbons (Fsp3) is 0.538. The molecule has 0 amide bonds. The number of halogens is 14. The van der Waals surface area contributed by atoms with Crippen LogP contribution in [0.4, 0.5) is 52.7 Å². The average molecular weight is 525 g/mol. The van der Waals surface area contributed by atoms with Gasteiger partial charge < -0.3 is 0 Å². The summed E-state index contributed by atoms with van der Waals surface area (Å²) in [5, 5.41) is 0. The Morgan fingerprint density at radius 1 is 0.633 bits per heavy atom. The van der Waals surface area contributed by atoms with E-state index in [2.05, 4.69) is 9.05 Å². The van der Waals surface area contributed by atoms with Gasteiger partial charge >= 0.3 is 168 Å². The standard InChI is InChI=1S/C13H7Cl2F12O2P/c14-30(15,6-7-4-2-1-3-5-7)28-8(10(16,17)18,11(19,20)21)9(29-30,12(22,23)24)13(25,26)27/h1-5H,6H2. The summed E-state index contributed by atoms with van der Waals surface area (Å²) >= 11 is 10.8. The molecule has 1 aromatic carbocycles. The summed E-state index contributed by atoms with van der Waals surface area (Å²) < 4.78 is 169. The third-order valence-corrected chi connectivity index (χ3v) is 7.62. The van der Waals surface area contributed by atoms with Crippen LogP contribution in [0.5, 0.6) is 0 Å². The average Bonchev–Trinajstić information content (AvgIpc) is 2.74. The zero-order valence-corrected chi connectivity index (χ0v) is 16.1. The van der Waals surface area contributed by atoms with Gasteiger partial charge in [-0.15, -0.1) is 0 Å². The summed E-state index contributed by atoms with van der Waals surface area (Å²) in [6, 6.07) is 5.32. The summed E-state index contributed by atoms with van der Waals surface area (Å²) in [4.78, 5) is 0. The molecule has 2 rings (SSSR count). The van der Waals surface area contributed by atoms with Gasteiger partial charge in [0.25, 0.3) is 0 Å².